The Morgan fingerprint density at radius 2 is 2.19 bits per heavy atom. The van der Waals surface area contributed by atoms with Crippen LogP contribution in [0.4, 0.5) is 0 Å². The highest BCUT2D eigenvalue weighted by Crippen LogP contribution is 2.29. The van der Waals surface area contributed by atoms with Crippen LogP contribution in [0.1, 0.15) is 37.4 Å². The van der Waals surface area contributed by atoms with Crippen LogP contribution >= 0.6 is 23.3 Å². The third-order valence-electron chi connectivity index (χ3n) is 2.19. The van der Waals surface area contributed by atoms with Crippen molar-refractivity contribution in [1.29, 1.82) is 0 Å². The molecule has 16 heavy (non-hydrogen) atoms. The Morgan fingerprint density at radius 3 is 2.75 bits per heavy atom. The lowest BCUT2D eigenvalue weighted by molar-refractivity contribution is 0.201. The predicted octanol–water partition coefficient (Wildman–Crippen LogP) is 2.05. The number of hydrogen-bond acceptors (Lipinski definition) is 5. The second-order valence-electron chi connectivity index (χ2n) is 3.65. The van der Waals surface area contributed by atoms with Gasteiger partial charge in [0.1, 0.15) is 11.8 Å². The third-order valence-corrected chi connectivity index (χ3v) is 2.98. The number of hydrogen-bond donors (Lipinski definition) is 1. The van der Waals surface area contributed by atoms with Gasteiger partial charge in [-0.2, -0.15) is 13.8 Å². The quantitative estimate of drug-likeness (QED) is 0.915. The molecular formula is C9H11ClN4OS. The second kappa shape index (κ2) is 4.48. The van der Waals surface area contributed by atoms with Gasteiger partial charge in [-0.1, -0.05) is 11.6 Å². The molecule has 0 aromatic carbocycles. The predicted molar refractivity (Wildman–Crippen MR) is 61.6 cm³/mol. The molecule has 0 saturated heterocycles. The summed E-state index contributed by atoms with van der Waals surface area (Å²) in [6.45, 7) is 3.94. The first-order valence-corrected chi connectivity index (χ1v) is 5.90. The summed E-state index contributed by atoms with van der Waals surface area (Å²) in [4.78, 5) is 0. The van der Waals surface area contributed by atoms with E-state index in [-0.39, 0.29) is 6.04 Å². The molecule has 0 radical (unpaired) electrons. The van der Waals surface area contributed by atoms with Gasteiger partial charge < -0.3 is 5.11 Å². The Hall–Kier alpha value is -0.980. The lowest BCUT2D eigenvalue weighted by Crippen LogP contribution is -2.12. The van der Waals surface area contributed by atoms with E-state index in [1.54, 1.807) is 4.68 Å². The van der Waals surface area contributed by atoms with Crippen molar-refractivity contribution in [2.24, 2.45) is 0 Å². The summed E-state index contributed by atoms with van der Waals surface area (Å²) in [6, 6.07) is 0.128. The molecule has 1 atom stereocenters. The standard InChI is InChI=1S/C9H11ClN4OS/c1-5(2)14-8(6(10)3-11-14)9(15)7-4-12-16-13-7/h3-5,9,15H,1-2H3. The average Bonchev–Trinajstić information content (AvgIpc) is 2.84. The largest absolute Gasteiger partial charge is 0.380 e. The number of aliphatic hydroxyl groups is 1. The van der Waals surface area contributed by atoms with Gasteiger partial charge in [-0.3, -0.25) is 4.68 Å². The molecule has 1 N–H and O–H groups in total. The van der Waals surface area contributed by atoms with Crippen LogP contribution in [0.2, 0.25) is 5.02 Å². The Labute approximate surface area is 102 Å². The highest BCUT2D eigenvalue weighted by Gasteiger charge is 2.22. The van der Waals surface area contributed by atoms with E-state index in [2.05, 4.69) is 13.8 Å². The van der Waals surface area contributed by atoms with Crippen molar-refractivity contribution in [3.63, 3.8) is 0 Å². The van der Waals surface area contributed by atoms with Gasteiger partial charge in [-0.15, -0.1) is 0 Å². The SMILES string of the molecule is CC(C)n1ncc(Cl)c1C(O)c1cnsn1. The van der Waals surface area contributed by atoms with Crippen molar-refractivity contribution in [3.05, 3.63) is 28.8 Å². The molecule has 1 unspecified atom stereocenters. The van der Waals surface area contributed by atoms with Crippen LogP contribution in [0.5, 0.6) is 0 Å². The van der Waals surface area contributed by atoms with E-state index in [4.69, 9.17) is 11.6 Å². The molecule has 0 bridgehead atoms. The molecule has 86 valence electrons. The summed E-state index contributed by atoms with van der Waals surface area (Å²) in [5, 5.41) is 14.7. The van der Waals surface area contributed by atoms with Gasteiger partial charge in [0.2, 0.25) is 0 Å². The fourth-order valence-electron chi connectivity index (χ4n) is 1.45. The smallest absolute Gasteiger partial charge is 0.142 e. The van der Waals surface area contributed by atoms with Gasteiger partial charge in [0.15, 0.2) is 0 Å². The first-order chi connectivity index (χ1) is 7.61. The topological polar surface area (TPSA) is 63.8 Å². The summed E-state index contributed by atoms with van der Waals surface area (Å²) < 4.78 is 9.54. The lowest BCUT2D eigenvalue weighted by Gasteiger charge is -2.14. The molecule has 2 aromatic rings. The van der Waals surface area contributed by atoms with Gasteiger partial charge in [0.25, 0.3) is 0 Å². The number of nitrogens with zero attached hydrogens (tertiary/aromatic N) is 4. The van der Waals surface area contributed by atoms with E-state index >= 15 is 0 Å². The highest BCUT2D eigenvalue weighted by atomic mass is 35.5. The Bertz CT molecular complexity index is 468. The van der Waals surface area contributed by atoms with Gasteiger partial charge in [0, 0.05) is 6.04 Å². The van der Waals surface area contributed by atoms with E-state index in [9.17, 15) is 5.11 Å². The lowest BCUT2D eigenvalue weighted by atomic mass is 10.2. The van der Waals surface area contributed by atoms with Gasteiger partial charge >= 0.3 is 0 Å². The summed E-state index contributed by atoms with van der Waals surface area (Å²) in [5.41, 5.74) is 1.05. The first kappa shape index (κ1) is 11.5. The zero-order valence-corrected chi connectivity index (χ0v) is 10.4. The van der Waals surface area contributed by atoms with Crippen LogP contribution in [-0.4, -0.2) is 23.6 Å². The molecule has 0 saturated carbocycles. The average molecular weight is 259 g/mol. The molecule has 0 aliphatic rings. The van der Waals surface area contributed by atoms with E-state index < -0.39 is 6.10 Å². The fourth-order valence-corrected chi connectivity index (χ4v) is 2.13. The molecule has 0 fully saturated rings. The minimum atomic E-state index is -0.879. The van der Waals surface area contributed by atoms with Gasteiger partial charge in [-0.05, 0) is 13.8 Å². The molecule has 0 amide bonds. The number of rotatable bonds is 3. The van der Waals surface area contributed by atoms with Crippen molar-refractivity contribution in [2.75, 3.05) is 0 Å². The number of aliphatic hydroxyl groups excluding tert-OH is 1. The minimum Gasteiger partial charge on any atom is -0.380 e. The maximum absolute atomic E-state index is 10.1. The van der Waals surface area contributed by atoms with Crippen LogP contribution in [-0.2, 0) is 0 Å². The summed E-state index contributed by atoms with van der Waals surface area (Å²) >= 11 is 7.07. The zero-order valence-electron chi connectivity index (χ0n) is 8.83. The summed E-state index contributed by atoms with van der Waals surface area (Å²) in [7, 11) is 0. The number of halogens is 1. The monoisotopic (exact) mass is 258 g/mol. The maximum Gasteiger partial charge on any atom is 0.142 e. The summed E-state index contributed by atoms with van der Waals surface area (Å²) in [6.07, 6.45) is 2.18. The Balaban J connectivity index is 2.43. The van der Waals surface area contributed by atoms with E-state index in [1.165, 1.54) is 12.4 Å². The molecule has 0 aliphatic heterocycles. The van der Waals surface area contributed by atoms with Crippen LogP contribution in [0, 0.1) is 0 Å². The van der Waals surface area contributed by atoms with Gasteiger partial charge in [0.05, 0.1) is 34.8 Å². The van der Waals surface area contributed by atoms with E-state index in [1.807, 2.05) is 13.8 Å². The van der Waals surface area contributed by atoms with Crippen molar-refractivity contribution in [2.45, 2.75) is 26.0 Å². The fraction of sp³-hybridized carbons (Fsp3) is 0.444. The van der Waals surface area contributed by atoms with Crippen molar-refractivity contribution < 1.29 is 5.11 Å². The molecule has 7 heteroatoms. The first-order valence-electron chi connectivity index (χ1n) is 4.79. The molecule has 0 aliphatic carbocycles. The van der Waals surface area contributed by atoms with Crippen LogP contribution < -0.4 is 0 Å². The van der Waals surface area contributed by atoms with Gasteiger partial charge in [-0.25, -0.2) is 0 Å². The zero-order chi connectivity index (χ0) is 11.7. The Kier molecular flexibility index (Phi) is 3.22. The van der Waals surface area contributed by atoms with Crippen molar-refractivity contribution in [3.8, 4) is 0 Å². The second-order valence-corrected chi connectivity index (χ2v) is 4.61. The van der Waals surface area contributed by atoms with Crippen LogP contribution in [0.15, 0.2) is 12.4 Å². The number of aromatic nitrogens is 4. The maximum atomic E-state index is 10.1. The highest BCUT2D eigenvalue weighted by molar-refractivity contribution is 6.99. The van der Waals surface area contributed by atoms with Crippen LogP contribution in [0.3, 0.4) is 0 Å². The van der Waals surface area contributed by atoms with Crippen LogP contribution in [0.25, 0.3) is 0 Å². The van der Waals surface area contributed by atoms with Crippen molar-refractivity contribution >= 4 is 23.3 Å². The van der Waals surface area contributed by atoms with E-state index in [0.717, 1.165) is 11.7 Å². The molecule has 2 aromatic heterocycles. The normalized spacial score (nSPS) is 13.3. The van der Waals surface area contributed by atoms with Crippen molar-refractivity contribution in [1.82, 2.24) is 18.5 Å². The minimum absolute atomic E-state index is 0.128. The molecule has 0 spiro atoms. The summed E-state index contributed by atoms with van der Waals surface area (Å²) in [5.74, 6) is 0. The molecular weight excluding hydrogens is 248 g/mol. The third kappa shape index (κ3) is 1.95. The molecule has 5 nitrogen and oxygen atoms in total. The molecule has 2 heterocycles. The molecule has 2 rings (SSSR count). The Morgan fingerprint density at radius 1 is 1.44 bits per heavy atom. The van der Waals surface area contributed by atoms with E-state index in [0.29, 0.717) is 16.4 Å².